The Balaban J connectivity index is 1.48. The number of nitrogens with zero attached hydrogens (tertiary/aromatic N) is 3. The van der Waals surface area contributed by atoms with Crippen LogP contribution in [0.15, 0.2) is 67.0 Å². The zero-order valence-corrected chi connectivity index (χ0v) is 16.2. The summed E-state index contributed by atoms with van der Waals surface area (Å²) in [5.41, 5.74) is 5.80. The molecule has 4 aromatic rings. The Morgan fingerprint density at radius 3 is 2.96 bits per heavy atom. The summed E-state index contributed by atoms with van der Waals surface area (Å²) in [4.78, 5) is 7.05. The number of halogens is 1. The number of rotatable bonds is 4. The molecule has 1 saturated heterocycles. The molecule has 1 aliphatic heterocycles. The molecule has 28 heavy (non-hydrogen) atoms. The van der Waals surface area contributed by atoms with Gasteiger partial charge in [-0.25, -0.2) is 0 Å². The zero-order chi connectivity index (χ0) is 18.9. The van der Waals surface area contributed by atoms with Crippen LogP contribution in [0.2, 0.25) is 5.02 Å². The molecule has 0 radical (unpaired) electrons. The van der Waals surface area contributed by atoms with E-state index in [0.29, 0.717) is 6.04 Å². The Kier molecular flexibility index (Phi) is 4.59. The van der Waals surface area contributed by atoms with E-state index in [2.05, 4.69) is 50.4 Å². The minimum atomic E-state index is 0.323. The van der Waals surface area contributed by atoms with Crippen LogP contribution in [0.4, 0.5) is 0 Å². The number of H-pyrrole nitrogens is 1. The Bertz CT molecular complexity index is 1120. The first-order valence-corrected chi connectivity index (χ1v) is 10.0. The van der Waals surface area contributed by atoms with E-state index < -0.39 is 0 Å². The number of benzene rings is 2. The lowest BCUT2D eigenvalue weighted by atomic mass is 10.0. The van der Waals surface area contributed by atoms with Crippen molar-refractivity contribution < 1.29 is 0 Å². The molecule has 4 nitrogen and oxygen atoms in total. The standard InChI is InChI=1S/C23H21ClN4/c24-18-6-3-5-16(13-18)20-14-26-27-23(20)22-9-4-12-28(22)15-17-10-11-25-21-8-2-1-7-19(17)21/h1-3,5-8,10-11,13-14,22H,4,9,12,15H2,(H,26,27)/t22-/m0/s1. The van der Waals surface area contributed by atoms with Crippen molar-refractivity contribution in [3.8, 4) is 11.1 Å². The number of fused-ring (bicyclic) bond motifs is 1. The predicted molar refractivity (Wildman–Crippen MR) is 113 cm³/mol. The van der Waals surface area contributed by atoms with Crippen LogP contribution in [0.1, 0.15) is 30.1 Å². The van der Waals surface area contributed by atoms with Crippen LogP contribution in [-0.2, 0) is 6.54 Å². The van der Waals surface area contributed by atoms with E-state index in [1.165, 1.54) is 23.1 Å². The second-order valence-electron chi connectivity index (χ2n) is 7.32. The molecule has 5 rings (SSSR count). The first kappa shape index (κ1) is 17.4. The number of nitrogens with one attached hydrogen (secondary N) is 1. The van der Waals surface area contributed by atoms with Gasteiger partial charge in [0.25, 0.3) is 0 Å². The van der Waals surface area contributed by atoms with Crippen molar-refractivity contribution in [2.75, 3.05) is 6.54 Å². The molecule has 0 amide bonds. The molecular weight excluding hydrogens is 368 g/mol. The van der Waals surface area contributed by atoms with Gasteiger partial charge in [-0.05, 0) is 54.8 Å². The highest BCUT2D eigenvalue weighted by Crippen LogP contribution is 2.38. The molecule has 0 spiro atoms. The predicted octanol–water partition coefficient (Wildman–Crippen LogP) is 5.62. The summed E-state index contributed by atoms with van der Waals surface area (Å²) in [5.74, 6) is 0. The van der Waals surface area contributed by atoms with Gasteiger partial charge in [0.15, 0.2) is 0 Å². The minimum Gasteiger partial charge on any atom is -0.290 e. The quantitative estimate of drug-likeness (QED) is 0.493. The molecule has 1 aliphatic rings. The van der Waals surface area contributed by atoms with Gasteiger partial charge in [0.2, 0.25) is 0 Å². The van der Waals surface area contributed by atoms with Gasteiger partial charge in [-0.2, -0.15) is 5.10 Å². The number of para-hydroxylation sites is 1. The second kappa shape index (κ2) is 7.38. The average Bonchev–Trinajstić information content (AvgIpc) is 3.37. The summed E-state index contributed by atoms with van der Waals surface area (Å²) >= 11 is 6.22. The number of aromatic nitrogens is 3. The SMILES string of the molecule is Clc1cccc(-c2cn[nH]c2[C@@H]2CCCN2Cc2ccnc3ccccc23)c1. The third-order valence-electron chi connectivity index (χ3n) is 5.61. The fraction of sp³-hybridized carbons (Fsp3) is 0.217. The summed E-state index contributed by atoms with van der Waals surface area (Å²) in [5, 5.41) is 9.61. The van der Waals surface area contributed by atoms with Crippen LogP contribution < -0.4 is 0 Å². The van der Waals surface area contributed by atoms with E-state index in [9.17, 15) is 0 Å². The van der Waals surface area contributed by atoms with Crippen molar-refractivity contribution in [1.82, 2.24) is 20.1 Å². The van der Waals surface area contributed by atoms with Gasteiger partial charge in [0.05, 0.1) is 23.4 Å². The first-order valence-electron chi connectivity index (χ1n) is 9.65. The third-order valence-corrected chi connectivity index (χ3v) is 5.85. The highest BCUT2D eigenvalue weighted by molar-refractivity contribution is 6.30. The maximum Gasteiger partial charge on any atom is 0.0705 e. The molecule has 1 N–H and O–H groups in total. The molecule has 0 aliphatic carbocycles. The van der Waals surface area contributed by atoms with Crippen molar-refractivity contribution in [2.45, 2.75) is 25.4 Å². The topological polar surface area (TPSA) is 44.8 Å². The summed E-state index contributed by atoms with van der Waals surface area (Å²) in [6.07, 6.45) is 6.14. The molecular formula is C23H21ClN4. The van der Waals surface area contributed by atoms with E-state index >= 15 is 0 Å². The van der Waals surface area contributed by atoms with E-state index in [1.54, 1.807) is 0 Å². The number of hydrogen-bond acceptors (Lipinski definition) is 3. The molecule has 5 heteroatoms. The van der Waals surface area contributed by atoms with Crippen LogP contribution in [0.3, 0.4) is 0 Å². The molecule has 1 atom stereocenters. The molecule has 2 aromatic carbocycles. The van der Waals surface area contributed by atoms with E-state index in [0.717, 1.165) is 41.2 Å². The Labute approximate surface area is 169 Å². The molecule has 140 valence electrons. The van der Waals surface area contributed by atoms with Crippen molar-refractivity contribution in [2.24, 2.45) is 0 Å². The zero-order valence-electron chi connectivity index (χ0n) is 15.5. The van der Waals surface area contributed by atoms with Gasteiger partial charge < -0.3 is 0 Å². The summed E-state index contributed by atoms with van der Waals surface area (Å²) in [7, 11) is 0. The van der Waals surface area contributed by atoms with Gasteiger partial charge >= 0.3 is 0 Å². The van der Waals surface area contributed by atoms with Crippen molar-refractivity contribution in [1.29, 1.82) is 0 Å². The number of pyridine rings is 1. The number of hydrogen-bond donors (Lipinski definition) is 1. The van der Waals surface area contributed by atoms with Crippen molar-refractivity contribution in [3.05, 3.63) is 83.3 Å². The summed E-state index contributed by atoms with van der Waals surface area (Å²) in [6, 6.07) is 18.8. The molecule has 3 heterocycles. The lowest BCUT2D eigenvalue weighted by Gasteiger charge is -2.25. The van der Waals surface area contributed by atoms with Crippen LogP contribution in [0.25, 0.3) is 22.0 Å². The fourth-order valence-electron chi connectivity index (χ4n) is 4.29. The largest absolute Gasteiger partial charge is 0.290 e. The maximum atomic E-state index is 6.22. The lowest BCUT2D eigenvalue weighted by molar-refractivity contribution is 0.245. The van der Waals surface area contributed by atoms with E-state index in [4.69, 9.17) is 11.6 Å². The van der Waals surface area contributed by atoms with E-state index in [1.807, 2.05) is 36.7 Å². The lowest BCUT2D eigenvalue weighted by Crippen LogP contribution is -2.23. The van der Waals surface area contributed by atoms with Gasteiger partial charge in [-0.1, -0.05) is 41.9 Å². The Morgan fingerprint density at radius 1 is 1.11 bits per heavy atom. The molecule has 2 aromatic heterocycles. The monoisotopic (exact) mass is 388 g/mol. The number of likely N-dealkylation sites (tertiary alicyclic amines) is 1. The van der Waals surface area contributed by atoms with Crippen LogP contribution in [0.5, 0.6) is 0 Å². The highest BCUT2D eigenvalue weighted by atomic mass is 35.5. The average molecular weight is 389 g/mol. The Morgan fingerprint density at radius 2 is 2.04 bits per heavy atom. The van der Waals surface area contributed by atoms with Crippen LogP contribution in [0, 0.1) is 0 Å². The van der Waals surface area contributed by atoms with Crippen LogP contribution in [-0.4, -0.2) is 26.6 Å². The summed E-state index contributed by atoms with van der Waals surface area (Å²) < 4.78 is 0. The Hall–Kier alpha value is -2.69. The van der Waals surface area contributed by atoms with Gasteiger partial charge in [-0.3, -0.25) is 15.0 Å². The van der Waals surface area contributed by atoms with E-state index in [-0.39, 0.29) is 0 Å². The first-order chi connectivity index (χ1) is 13.8. The van der Waals surface area contributed by atoms with Gasteiger partial charge in [0, 0.05) is 28.7 Å². The maximum absolute atomic E-state index is 6.22. The van der Waals surface area contributed by atoms with Crippen LogP contribution >= 0.6 is 11.6 Å². The normalized spacial score (nSPS) is 17.4. The highest BCUT2D eigenvalue weighted by Gasteiger charge is 2.29. The number of aromatic amines is 1. The minimum absolute atomic E-state index is 0.323. The van der Waals surface area contributed by atoms with Gasteiger partial charge in [-0.15, -0.1) is 0 Å². The smallest absolute Gasteiger partial charge is 0.0705 e. The second-order valence-corrected chi connectivity index (χ2v) is 7.76. The van der Waals surface area contributed by atoms with Crippen molar-refractivity contribution >= 4 is 22.5 Å². The van der Waals surface area contributed by atoms with Crippen molar-refractivity contribution in [3.63, 3.8) is 0 Å². The summed E-state index contributed by atoms with van der Waals surface area (Å²) in [6.45, 7) is 1.98. The fourth-order valence-corrected chi connectivity index (χ4v) is 4.48. The molecule has 0 bridgehead atoms. The third kappa shape index (κ3) is 3.19. The molecule has 1 fully saturated rings. The van der Waals surface area contributed by atoms with Gasteiger partial charge in [0.1, 0.15) is 0 Å². The molecule has 0 unspecified atom stereocenters. The molecule has 0 saturated carbocycles.